The number of anilines is 3. The standard InChI is InChI=1S/C16H16FN3O/c1-21-16-11-15(14(19)10-13(16)17)20(9-5-8-18)12-6-3-2-4-7-12/h2-4,6-7,10-11H,5,9,19H2,1H3. The van der Waals surface area contributed by atoms with E-state index in [1.807, 2.05) is 35.2 Å². The Hall–Kier alpha value is -2.74. The summed E-state index contributed by atoms with van der Waals surface area (Å²) in [6, 6.07) is 14.4. The third kappa shape index (κ3) is 3.23. The van der Waals surface area contributed by atoms with Crippen LogP contribution >= 0.6 is 0 Å². The highest BCUT2D eigenvalue weighted by molar-refractivity contribution is 5.76. The van der Waals surface area contributed by atoms with Crippen molar-refractivity contribution in [1.82, 2.24) is 0 Å². The van der Waals surface area contributed by atoms with Gasteiger partial charge in [0.2, 0.25) is 0 Å². The molecule has 0 atom stereocenters. The van der Waals surface area contributed by atoms with E-state index >= 15 is 0 Å². The van der Waals surface area contributed by atoms with Crippen molar-refractivity contribution in [2.45, 2.75) is 6.42 Å². The van der Waals surface area contributed by atoms with Crippen molar-refractivity contribution in [3.8, 4) is 11.8 Å². The van der Waals surface area contributed by atoms with Crippen LogP contribution in [0.3, 0.4) is 0 Å². The Morgan fingerprint density at radius 3 is 2.62 bits per heavy atom. The van der Waals surface area contributed by atoms with E-state index in [1.165, 1.54) is 13.2 Å². The van der Waals surface area contributed by atoms with Crippen LogP contribution in [0.15, 0.2) is 42.5 Å². The van der Waals surface area contributed by atoms with Gasteiger partial charge in [-0.15, -0.1) is 0 Å². The lowest BCUT2D eigenvalue weighted by Crippen LogP contribution is -2.19. The number of methoxy groups -OCH3 is 1. The molecule has 0 saturated heterocycles. The van der Waals surface area contributed by atoms with Gasteiger partial charge >= 0.3 is 0 Å². The lowest BCUT2D eigenvalue weighted by atomic mass is 10.2. The molecule has 0 heterocycles. The van der Waals surface area contributed by atoms with E-state index in [-0.39, 0.29) is 5.75 Å². The largest absolute Gasteiger partial charge is 0.494 e. The van der Waals surface area contributed by atoms with Crippen LogP contribution in [0, 0.1) is 17.1 Å². The Labute approximate surface area is 123 Å². The molecule has 2 aromatic carbocycles. The van der Waals surface area contributed by atoms with Gasteiger partial charge in [0.1, 0.15) is 0 Å². The van der Waals surface area contributed by atoms with Gasteiger partial charge in [-0.3, -0.25) is 0 Å². The van der Waals surface area contributed by atoms with Crippen molar-refractivity contribution in [3.63, 3.8) is 0 Å². The number of nitrogens with zero attached hydrogens (tertiary/aromatic N) is 2. The second-order valence-electron chi connectivity index (χ2n) is 4.44. The number of halogens is 1. The number of rotatable bonds is 5. The number of hydrogen-bond acceptors (Lipinski definition) is 4. The molecule has 0 saturated carbocycles. The number of para-hydroxylation sites is 1. The van der Waals surface area contributed by atoms with E-state index in [1.54, 1.807) is 6.07 Å². The minimum Gasteiger partial charge on any atom is -0.494 e. The summed E-state index contributed by atoms with van der Waals surface area (Å²) in [5.74, 6) is -0.385. The maximum atomic E-state index is 13.7. The molecule has 0 amide bonds. The number of nitrogens with two attached hydrogens (primary N) is 1. The highest BCUT2D eigenvalue weighted by Gasteiger charge is 2.15. The van der Waals surface area contributed by atoms with Gasteiger partial charge in [0.25, 0.3) is 0 Å². The Balaban J connectivity index is 2.49. The third-order valence-corrected chi connectivity index (χ3v) is 3.11. The van der Waals surface area contributed by atoms with Crippen LogP contribution in [-0.4, -0.2) is 13.7 Å². The zero-order valence-corrected chi connectivity index (χ0v) is 11.7. The molecule has 4 nitrogen and oxygen atoms in total. The molecule has 0 radical (unpaired) electrons. The highest BCUT2D eigenvalue weighted by atomic mass is 19.1. The topological polar surface area (TPSA) is 62.3 Å². The summed E-state index contributed by atoms with van der Waals surface area (Å²) < 4.78 is 18.7. The van der Waals surface area contributed by atoms with Gasteiger partial charge in [-0.1, -0.05) is 18.2 Å². The van der Waals surface area contributed by atoms with Gasteiger partial charge < -0.3 is 15.4 Å². The minimum atomic E-state index is -0.507. The average Bonchev–Trinajstić information content (AvgIpc) is 2.50. The fourth-order valence-electron chi connectivity index (χ4n) is 2.11. The average molecular weight is 285 g/mol. The van der Waals surface area contributed by atoms with Crippen LogP contribution < -0.4 is 15.4 Å². The Bertz CT molecular complexity index is 653. The summed E-state index contributed by atoms with van der Waals surface area (Å²) in [5, 5.41) is 8.83. The number of ether oxygens (including phenoxy) is 1. The first-order valence-electron chi connectivity index (χ1n) is 6.50. The van der Waals surface area contributed by atoms with Gasteiger partial charge in [0, 0.05) is 24.4 Å². The summed E-state index contributed by atoms with van der Waals surface area (Å²) in [6.07, 6.45) is 0.327. The first-order chi connectivity index (χ1) is 10.2. The molecule has 21 heavy (non-hydrogen) atoms. The summed E-state index contributed by atoms with van der Waals surface area (Å²) in [5.41, 5.74) is 7.74. The van der Waals surface area contributed by atoms with Crippen molar-refractivity contribution in [2.75, 3.05) is 24.3 Å². The quantitative estimate of drug-likeness (QED) is 0.854. The molecule has 0 bridgehead atoms. The molecule has 2 rings (SSSR count). The Kier molecular flexibility index (Phi) is 4.62. The van der Waals surface area contributed by atoms with Crippen LogP contribution in [0.4, 0.5) is 21.5 Å². The molecule has 108 valence electrons. The molecule has 0 fully saturated rings. The second kappa shape index (κ2) is 6.62. The zero-order valence-electron chi connectivity index (χ0n) is 11.7. The minimum absolute atomic E-state index is 0.122. The fraction of sp³-hybridized carbons (Fsp3) is 0.188. The van der Waals surface area contributed by atoms with E-state index in [4.69, 9.17) is 15.7 Å². The SMILES string of the molecule is COc1cc(N(CCC#N)c2ccccc2)c(N)cc1F. The van der Waals surface area contributed by atoms with Crippen molar-refractivity contribution >= 4 is 17.1 Å². The maximum absolute atomic E-state index is 13.7. The van der Waals surface area contributed by atoms with Crippen LogP contribution in [-0.2, 0) is 0 Å². The van der Waals surface area contributed by atoms with Crippen LogP contribution in [0.25, 0.3) is 0 Å². The summed E-state index contributed by atoms with van der Waals surface area (Å²) >= 11 is 0. The normalized spacial score (nSPS) is 9.95. The molecule has 0 aliphatic heterocycles. The van der Waals surface area contributed by atoms with E-state index in [2.05, 4.69) is 6.07 Å². The Morgan fingerprint density at radius 1 is 1.29 bits per heavy atom. The first kappa shape index (κ1) is 14.7. The number of hydrogen-bond donors (Lipinski definition) is 1. The Morgan fingerprint density at radius 2 is 2.00 bits per heavy atom. The zero-order chi connectivity index (χ0) is 15.2. The lowest BCUT2D eigenvalue weighted by molar-refractivity contribution is 0.387. The molecule has 0 aliphatic rings. The lowest BCUT2D eigenvalue weighted by Gasteiger charge is -2.26. The van der Waals surface area contributed by atoms with Gasteiger partial charge in [-0.25, -0.2) is 4.39 Å². The third-order valence-electron chi connectivity index (χ3n) is 3.11. The van der Waals surface area contributed by atoms with Crippen molar-refractivity contribution < 1.29 is 9.13 Å². The summed E-state index contributed by atoms with van der Waals surface area (Å²) in [4.78, 5) is 1.88. The molecule has 0 unspecified atom stereocenters. The number of nitriles is 1. The molecule has 2 N–H and O–H groups in total. The van der Waals surface area contributed by atoms with Gasteiger partial charge in [-0.2, -0.15) is 5.26 Å². The van der Waals surface area contributed by atoms with Gasteiger partial charge in [-0.05, 0) is 12.1 Å². The number of benzene rings is 2. The van der Waals surface area contributed by atoms with E-state index in [0.29, 0.717) is 24.3 Å². The van der Waals surface area contributed by atoms with Crippen molar-refractivity contribution in [2.24, 2.45) is 0 Å². The predicted molar refractivity (Wildman–Crippen MR) is 81.0 cm³/mol. The summed E-state index contributed by atoms with van der Waals surface area (Å²) in [7, 11) is 1.40. The van der Waals surface area contributed by atoms with Gasteiger partial charge in [0.15, 0.2) is 11.6 Å². The molecular formula is C16H16FN3O. The molecule has 5 heteroatoms. The molecule has 0 aromatic heterocycles. The second-order valence-corrected chi connectivity index (χ2v) is 4.44. The maximum Gasteiger partial charge on any atom is 0.167 e. The molecule has 0 aliphatic carbocycles. The van der Waals surface area contributed by atoms with E-state index in [9.17, 15) is 4.39 Å². The van der Waals surface area contributed by atoms with E-state index < -0.39 is 5.82 Å². The summed E-state index contributed by atoms with van der Waals surface area (Å²) in [6.45, 7) is 0.458. The molecule has 2 aromatic rings. The predicted octanol–water partition coefficient (Wildman–Crippen LogP) is 3.47. The molecular weight excluding hydrogens is 269 g/mol. The molecule has 0 spiro atoms. The monoisotopic (exact) mass is 285 g/mol. The smallest absolute Gasteiger partial charge is 0.167 e. The fourth-order valence-corrected chi connectivity index (χ4v) is 2.11. The number of nitrogen functional groups attached to an aromatic ring is 1. The first-order valence-corrected chi connectivity index (χ1v) is 6.50. The van der Waals surface area contributed by atoms with Crippen molar-refractivity contribution in [1.29, 1.82) is 5.26 Å². The van der Waals surface area contributed by atoms with E-state index in [0.717, 1.165) is 5.69 Å². The van der Waals surface area contributed by atoms with Crippen LogP contribution in [0.5, 0.6) is 5.75 Å². The van der Waals surface area contributed by atoms with Crippen LogP contribution in [0.2, 0.25) is 0 Å². The van der Waals surface area contributed by atoms with Gasteiger partial charge in [0.05, 0.1) is 31.0 Å². The van der Waals surface area contributed by atoms with Crippen molar-refractivity contribution in [3.05, 3.63) is 48.3 Å². The highest BCUT2D eigenvalue weighted by Crippen LogP contribution is 2.35. The van der Waals surface area contributed by atoms with Crippen LogP contribution in [0.1, 0.15) is 6.42 Å².